The Labute approximate surface area is 581 Å². The van der Waals surface area contributed by atoms with Gasteiger partial charge < -0.3 is 85.5 Å². The van der Waals surface area contributed by atoms with E-state index in [2.05, 4.69) is 80.6 Å². The van der Waals surface area contributed by atoms with Gasteiger partial charge in [-0.05, 0) is 136 Å². The van der Waals surface area contributed by atoms with E-state index in [1.54, 1.807) is 22.7 Å². The van der Waals surface area contributed by atoms with Crippen LogP contribution in [0.2, 0.25) is 0 Å². The zero-order valence-electron chi connectivity index (χ0n) is 56.6. The van der Waals surface area contributed by atoms with Crippen LogP contribution < -0.4 is 42.5 Å². The molecular weight excluding hydrogens is 1300 g/mol. The highest BCUT2D eigenvalue weighted by molar-refractivity contribution is 7.22. The molecule has 2 atom stereocenters. The SMILES string of the molecule is CC(=O)NC(CCCCNC(=O)CCOCCOCCOCCOCCNC(=O)CCNc1ccc(-c2nc3ccc(C)cc3s2)cc1)C(=O)NC(CCCCNC(=O)CCOCCOCCOCCOCCNC(=O)CCNc1ccc(-c2nc3ccc(C)cc3s2)cc1)C(=O)O. The minimum Gasteiger partial charge on any atom is -0.480 e. The number of aryl methyl sites for hydroxylation is 2. The molecule has 0 radical (unpaired) electrons. The van der Waals surface area contributed by atoms with Crippen molar-refractivity contribution in [3.8, 4) is 21.1 Å². The number of aliphatic carboxylic acids is 1. The van der Waals surface area contributed by atoms with E-state index in [1.807, 2.05) is 60.7 Å². The highest BCUT2D eigenvalue weighted by Gasteiger charge is 2.26. The third-order valence-electron chi connectivity index (χ3n) is 14.8. The first kappa shape index (κ1) is 79.2. The maximum Gasteiger partial charge on any atom is 0.326 e. The molecule has 0 aliphatic heterocycles. The fourth-order valence-electron chi connectivity index (χ4n) is 9.59. The molecule has 6 rings (SSSR count). The van der Waals surface area contributed by atoms with Crippen LogP contribution in [0.25, 0.3) is 41.6 Å². The van der Waals surface area contributed by atoms with Gasteiger partial charge in [-0.25, -0.2) is 14.8 Å². The molecule has 0 bridgehead atoms. The van der Waals surface area contributed by atoms with Crippen LogP contribution in [0, 0.1) is 13.8 Å². The summed E-state index contributed by atoms with van der Waals surface area (Å²) in [5, 5.41) is 34.8. The topological polar surface area (TPSA) is 336 Å². The molecule has 2 heterocycles. The average Bonchev–Trinajstić information content (AvgIpc) is 1.68. The van der Waals surface area contributed by atoms with Crippen molar-refractivity contribution < 1.29 is 76.6 Å². The summed E-state index contributed by atoms with van der Waals surface area (Å²) in [7, 11) is 0. The number of carbonyl (C=O) groups is 7. The number of thiazole rings is 2. The van der Waals surface area contributed by atoms with Crippen LogP contribution in [0.1, 0.15) is 82.3 Å². The summed E-state index contributed by atoms with van der Waals surface area (Å²) in [6, 6.07) is 26.5. The number of nitrogens with one attached hydrogen (secondary N) is 8. The zero-order chi connectivity index (χ0) is 69.8. The molecule has 0 fully saturated rings. The summed E-state index contributed by atoms with van der Waals surface area (Å²) in [4.78, 5) is 95.8. The van der Waals surface area contributed by atoms with Gasteiger partial charge in [0.15, 0.2) is 0 Å². The van der Waals surface area contributed by atoms with Gasteiger partial charge in [0.2, 0.25) is 35.4 Å². The van der Waals surface area contributed by atoms with Gasteiger partial charge in [-0.15, -0.1) is 22.7 Å². The van der Waals surface area contributed by atoms with E-state index in [1.165, 1.54) is 27.5 Å². The number of hydrogen-bond acceptors (Lipinski definition) is 21. The number of carbonyl (C=O) groups excluding carboxylic acids is 6. The van der Waals surface area contributed by atoms with Gasteiger partial charge in [0.05, 0.1) is 126 Å². The molecule has 4 aromatic carbocycles. The molecule has 536 valence electrons. The summed E-state index contributed by atoms with van der Waals surface area (Å²) in [5.74, 6) is -2.83. The lowest BCUT2D eigenvalue weighted by Crippen LogP contribution is -2.51. The number of anilines is 2. The van der Waals surface area contributed by atoms with E-state index < -0.39 is 29.9 Å². The third-order valence-corrected chi connectivity index (χ3v) is 17.0. The number of benzene rings is 4. The van der Waals surface area contributed by atoms with Crippen molar-refractivity contribution in [2.75, 3.05) is 156 Å². The Hall–Kier alpha value is -7.77. The van der Waals surface area contributed by atoms with Crippen LogP contribution in [0.4, 0.5) is 11.4 Å². The molecule has 0 spiro atoms. The van der Waals surface area contributed by atoms with Crippen LogP contribution >= 0.6 is 22.7 Å². The lowest BCUT2D eigenvalue weighted by atomic mass is 10.1. The Morgan fingerprint density at radius 2 is 0.765 bits per heavy atom. The van der Waals surface area contributed by atoms with E-state index in [-0.39, 0.29) is 62.5 Å². The molecule has 0 saturated carbocycles. The summed E-state index contributed by atoms with van der Waals surface area (Å²) in [6.07, 6.45) is 3.15. The number of rotatable bonds is 54. The van der Waals surface area contributed by atoms with Crippen LogP contribution in [0.3, 0.4) is 0 Å². The zero-order valence-corrected chi connectivity index (χ0v) is 58.3. The number of amides is 6. The van der Waals surface area contributed by atoms with E-state index in [0.29, 0.717) is 170 Å². The second-order valence-corrected chi connectivity index (χ2v) is 25.0. The number of fused-ring (bicyclic) bond motifs is 2. The smallest absolute Gasteiger partial charge is 0.326 e. The number of aromatic nitrogens is 2. The molecule has 26 nitrogen and oxygen atoms in total. The quantitative estimate of drug-likeness (QED) is 0.0174. The van der Waals surface area contributed by atoms with Crippen molar-refractivity contribution in [1.29, 1.82) is 0 Å². The Morgan fingerprint density at radius 3 is 1.15 bits per heavy atom. The van der Waals surface area contributed by atoms with E-state index in [9.17, 15) is 38.7 Å². The average molecular weight is 1400 g/mol. The van der Waals surface area contributed by atoms with Gasteiger partial charge in [0, 0.05) is 94.4 Å². The Balaban J connectivity index is 0.641. The fraction of sp³-hybridized carbons (Fsp3) is 0.529. The van der Waals surface area contributed by atoms with Crippen molar-refractivity contribution >= 4 is 95.9 Å². The molecule has 6 amide bonds. The minimum absolute atomic E-state index is 0.0656. The predicted octanol–water partition coefficient (Wildman–Crippen LogP) is 6.95. The molecular formula is C70H98N10O16S2. The van der Waals surface area contributed by atoms with Crippen LogP contribution in [-0.2, 0) is 71.5 Å². The van der Waals surface area contributed by atoms with Gasteiger partial charge in [-0.2, -0.15) is 0 Å². The number of carboxylic acids is 1. The highest BCUT2D eigenvalue weighted by Crippen LogP contribution is 2.33. The molecule has 0 saturated heterocycles. The molecule has 0 aliphatic carbocycles. The first-order valence-electron chi connectivity index (χ1n) is 33.6. The van der Waals surface area contributed by atoms with Gasteiger partial charge in [-0.3, -0.25) is 28.8 Å². The monoisotopic (exact) mass is 1400 g/mol. The minimum atomic E-state index is -1.22. The summed E-state index contributed by atoms with van der Waals surface area (Å²) >= 11 is 3.35. The first-order valence-corrected chi connectivity index (χ1v) is 35.2. The number of nitrogens with zero attached hydrogens (tertiary/aromatic N) is 2. The van der Waals surface area contributed by atoms with Gasteiger partial charge in [-0.1, -0.05) is 12.1 Å². The van der Waals surface area contributed by atoms with Crippen molar-refractivity contribution in [3.63, 3.8) is 0 Å². The van der Waals surface area contributed by atoms with Crippen molar-refractivity contribution in [3.05, 3.63) is 96.1 Å². The maximum absolute atomic E-state index is 13.1. The summed E-state index contributed by atoms with van der Waals surface area (Å²) in [5.41, 5.74) is 8.40. The second kappa shape index (κ2) is 47.3. The van der Waals surface area contributed by atoms with Gasteiger partial charge in [0.1, 0.15) is 22.1 Å². The van der Waals surface area contributed by atoms with Crippen LogP contribution in [0.15, 0.2) is 84.9 Å². The van der Waals surface area contributed by atoms with Crippen LogP contribution in [0.5, 0.6) is 0 Å². The fourth-order valence-corrected chi connectivity index (χ4v) is 11.7. The summed E-state index contributed by atoms with van der Waals surface area (Å²) < 4.78 is 46.5. The first-order chi connectivity index (χ1) is 47.7. The molecule has 28 heteroatoms. The van der Waals surface area contributed by atoms with Gasteiger partial charge >= 0.3 is 5.97 Å². The largest absolute Gasteiger partial charge is 0.480 e. The normalized spacial score (nSPS) is 11.9. The lowest BCUT2D eigenvalue weighted by molar-refractivity contribution is -0.142. The van der Waals surface area contributed by atoms with Gasteiger partial charge in [0.25, 0.3) is 0 Å². The predicted molar refractivity (Wildman–Crippen MR) is 378 cm³/mol. The van der Waals surface area contributed by atoms with Crippen molar-refractivity contribution in [2.24, 2.45) is 0 Å². The standard InChI is InChI=1S/C70H98N10O16S2/c1-50-10-20-57-61(48-50)97-68(79-57)53-12-16-55(17-13-53)71-28-22-63(82)75-30-34-91-38-42-95-46-44-93-40-36-89-32-24-65(84)73-26-6-4-8-59(77-52(3)81)67(86)78-60(70(87)88)9-5-7-27-74-66(85)25-33-90-37-41-94-45-47-96-43-39-92-35-31-76-64(83)23-29-72-56-18-14-54(15-19-56)69-80-58-21-11-51(2)49-62(58)98-69/h10-21,48-49,59-60,71-72H,4-9,22-47H2,1-3H3,(H,73,84)(H,74,85)(H,75,82)(H,76,83)(H,77,81)(H,78,86)(H,87,88). The maximum atomic E-state index is 13.1. The Bertz CT molecular complexity index is 3340. The highest BCUT2D eigenvalue weighted by atomic mass is 32.1. The molecule has 0 aliphatic rings. The number of carboxylic acid groups (broad SMARTS) is 1. The number of hydrogen-bond donors (Lipinski definition) is 9. The van der Waals surface area contributed by atoms with Crippen molar-refractivity contribution in [2.45, 2.75) is 97.1 Å². The molecule has 9 N–H and O–H groups in total. The molecule has 2 unspecified atom stereocenters. The van der Waals surface area contributed by atoms with Crippen molar-refractivity contribution in [1.82, 2.24) is 41.9 Å². The van der Waals surface area contributed by atoms with E-state index >= 15 is 0 Å². The van der Waals surface area contributed by atoms with Crippen LogP contribution in [-0.4, -0.2) is 214 Å². The summed E-state index contributed by atoms with van der Waals surface area (Å²) in [6.45, 7) is 13.3. The molecule has 2 aromatic heterocycles. The lowest BCUT2D eigenvalue weighted by Gasteiger charge is -2.21. The Kier molecular flexibility index (Phi) is 38.2. The second-order valence-electron chi connectivity index (χ2n) is 22.9. The number of ether oxygens (including phenoxy) is 8. The van der Waals surface area contributed by atoms with E-state index in [4.69, 9.17) is 47.9 Å². The van der Waals surface area contributed by atoms with E-state index in [0.717, 1.165) is 43.6 Å². The third kappa shape index (κ3) is 33.2. The Morgan fingerprint density at radius 1 is 0.408 bits per heavy atom. The molecule has 6 aromatic rings. The number of unbranched alkanes of at least 4 members (excludes halogenated alkanes) is 2. The molecule has 98 heavy (non-hydrogen) atoms.